The van der Waals surface area contributed by atoms with Gasteiger partial charge in [-0.2, -0.15) is 0 Å². The van der Waals surface area contributed by atoms with E-state index in [2.05, 4.69) is 10.6 Å². The average Bonchev–Trinajstić information content (AvgIpc) is 3.15. The molecule has 1 heterocycles. The van der Waals surface area contributed by atoms with E-state index in [0.717, 1.165) is 5.75 Å². The summed E-state index contributed by atoms with van der Waals surface area (Å²) in [5.41, 5.74) is 0. The van der Waals surface area contributed by atoms with Gasteiger partial charge in [0.05, 0.1) is 19.4 Å². The number of rotatable bonds is 10. The molecule has 0 unspecified atom stereocenters. The van der Waals surface area contributed by atoms with Crippen molar-refractivity contribution in [2.75, 3.05) is 6.61 Å². The molecule has 26 heavy (non-hydrogen) atoms. The molecule has 2 amide bonds. The molecule has 1 aromatic heterocycles. The lowest BCUT2D eigenvalue weighted by molar-refractivity contribution is -0.130. The van der Waals surface area contributed by atoms with Crippen molar-refractivity contribution in [3.8, 4) is 5.75 Å². The van der Waals surface area contributed by atoms with Gasteiger partial charge in [0.25, 0.3) is 0 Å². The molecule has 2 rings (SSSR count). The van der Waals surface area contributed by atoms with Gasteiger partial charge in [-0.15, -0.1) is 0 Å². The molecule has 1 atom stereocenters. The first-order valence-corrected chi connectivity index (χ1v) is 8.83. The first-order chi connectivity index (χ1) is 12.6. The smallest absolute Gasteiger partial charge is 0.243 e. The van der Waals surface area contributed by atoms with Crippen LogP contribution in [0.25, 0.3) is 0 Å². The lowest BCUT2D eigenvalue weighted by Crippen LogP contribution is -2.49. The zero-order valence-corrected chi connectivity index (χ0v) is 15.2. The van der Waals surface area contributed by atoms with Crippen LogP contribution < -0.4 is 15.4 Å². The van der Waals surface area contributed by atoms with Crippen molar-refractivity contribution < 1.29 is 18.7 Å². The average molecular weight is 358 g/mol. The summed E-state index contributed by atoms with van der Waals surface area (Å²) in [5.74, 6) is 1.06. The Morgan fingerprint density at radius 3 is 2.54 bits per heavy atom. The second-order valence-electron chi connectivity index (χ2n) is 6.35. The highest BCUT2D eigenvalue weighted by Crippen LogP contribution is 2.09. The third-order valence-electron chi connectivity index (χ3n) is 3.84. The minimum Gasteiger partial charge on any atom is -0.494 e. The molecule has 2 aromatic rings. The van der Waals surface area contributed by atoms with E-state index in [-0.39, 0.29) is 17.7 Å². The fourth-order valence-electron chi connectivity index (χ4n) is 2.42. The Hall–Kier alpha value is -2.76. The third kappa shape index (κ3) is 6.63. The number of ether oxygens (including phenoxy) is 1. The number of hydrogen-bond donors (Lipinski definition) is 2. The van der Waals surface area contributed by atoms with E-state index in [1.165, 1.54) is 0 Å². The minimum absolute atomic E-state index is 0.0175. The molecule has 0 saturated carbocycles. The van der Waals surface area contributed by atoms with Crippen LogP contribution in [0.1, 0.15) is 32.4 Å². The van der Waals surface area contributed by atoms with Gasteiger partial charge in [0.1, 0.15) is 17.6 Å². The van der Waals surface area contributed by atoms with E-state index in [1.54, 1.807) is 18.4 Å². The lowest BCUT2D eigenvalue weighted by atomic mass is 10.0. The molecule has 0 saturated heterocycles. The molecule has 6 nitrogen and oxygen atoms in total. The van der Waals surface area contributed by atoms with Crippen molar-refractivity contribution >= 4 is 11.8 Å². The SMILES string of the molecule is CC(C)[C@H](NC(=O)CCCOc1ccccc1)C(=O)NCc1ccco1. The quantitative estimate of drug-likeness (QED) is 0.640. The van der Waals surface area contributed by atoms with Crippen molar-refractivity contribution in [3.63, 3.8) is 0 Å². The van der Waals surface area contributed by atoms with Crippen LogP contribution in [0, 0.1) is 5.92 Å². The van der Waals surface area contributed by atoms with E-state index in [9.17, 15) is 9.59 Å². The molecule has 0 radical (unpaired) electrons. The third-order valence-corrected chi connectivity index (χ3v) is 3.84. The Bertz CT molecular complexity index is 668. The zero-order valence-electron chi connectivity index (χ0n) is 15.2. The molecule has 0 bridgehead atoms. The van der Waals surface area contributed by atoms with Crippen LogP contribution in [0.3, 0.4) is 0 Å². The summed E-state index contributed by atoms with van der Waals surface area (Å²) in [4.78, 5) is 24.5. The number of amides is 2. The molecular formula is C20H26N2O4. The second-order valence-corrected chi connectivity index (χ2v) is 6.35. The number of nitrogens with one attached hydrogen (secondary N) is 2. The minimum atomic E-state index is -0.576. The van der Waals surface area contributed by atoms with Crippen molar-refractivity contribution in [2.24, 2.45) is 5.92 Å². The van der Waals surface area contributed by atoms with Gasteiger partial charge in [-0.25, -0.2) is 0 Å². The molecule has 0 aliphatic heterocycles. The summed E-state index contributed by atoms with van der Waals surface area (Å²) in [6.45, 7) is 4.55. The summed E-state index contributed by atoms with van der Waals surface area (Å²) < 4.78 is 10.8. The molecule has 0 spiro atoms. The predicted octanol–water partition coefficient (Wildman–Crippen LogP) is 2.90. The summed E-state index contributed by atoms with van der Waals surface area (Å²) in [5, 5.41) is 5.60. The molecule has 0 aliphatic carbocycles. The van der Waals surface area contributed by atoms with E-state index in [1.807, 2.05) is 44.2 Å². The Labute approximate surface area is 153 Å². The Morgan fingerprint density at radius 1 is 1.12 bits per heavy atom. The maximum atomic E-state index is 12.3. The van der Waals surface area contributed by atoms with Gasteiger partial charge in [0.2, 0.25) is 11.8 Å². The fourth-order valence-corrected chi connectivity index (χ4v) is 2.42. The summed E-state index contributed by atoms with van der Waals surface area (Å²) in [7, 11) is 0. The molecule has 6 heteroatoms. The van der Waals surface area contributed by atoms with Gasteiger partial charge >= 0.3 is 0 Å². The fraction of sp³-hybridized carbons (Fsp3) is 0.400. The van der Waals surface area contributed by atoms with Gasteiger partial charge in [0, 0.05) is 6.42 Å². The number of para-hydroxylation sites is 1. The lowest BCUT2D eigenvalue weighted by Gasteiger charge is -2.21. The first kappa shape index (κ1) is 19.6. The van der Waals surface area contributed by atoms with E-state index >= 15 is 0 Å². The van der Waals surface area contributed by atoms with Crippen LogP contribution in [0.15, 0.2) is 53.1 Å². The van der Waals surface area contributed by atoms with E-state index in [4.69, 9.17) is 9.15 Å². The number of carbonyl (C=O) groups is 2. The Morgan fingerprint density at radius 2 is 1.88 bits per heavy atom. The van der Waals surface area contributed by atoms with Gasteiger partial charge in [0.15, 0.2) is 0 Å². The molecule has 0 fully saturated rings. The molecule has 2 N–H and O–H groups in total. The highest BCUT2D eigenvalue weighted by Gasteiger charge is 2.23. The molecule has 0 aliphatic rings. The number of carbonyl (C=O) groups excluding carboxylic acids is 2. The Kier molecular flexibility index (Phi) is 7.74. The zero-order chi connectivity index (χ0) is 18.8. The summed E-state index contributed by atoms with van der Waals surface area (Å²) >= 11 is 0. The number of benzene rings is 1. The van der Waals surface area contributed by atoms with Crippen molar-refractivity contribution in [3.05, 3.63) is 54.5 Å². The van der Waals surface area contributed by atoms with Gasteiger partial charge in [-0.3, -0.25) is 9.59 Å². The summed E-state index contributed by atoms with van der Waals surface area (Å²) in [6.07, 6.45) is 2.45. The molecule has 140 valence electrons. The van der Waals surface area contributed by atoms with Crippen LogP contribution in [-0.2, 0) is 16.1 Å². The topological polar surface area (TPSA) is 80.6 Å². The van der Waals surface area contributed by atoms with Crippen molar-refractivity contribution in [1.29, 1.82) is 0 Å². The highest BCUT2D eigenvalue weighted by atomic mass is 16.5. The van der Waals surface area contributed by atoms with Crippen LogP contribution in [0.4, 0.5) is 0 Å². The van der Waals surface area contributed by atoms with Gasteiger partial charge in [-0.1, -0.05) is 32.0 Å². The highest BCUT2D eigenvalue weighted by molar-refractivity contribution is 5.87. The molecular weight excluding hydrogens is 332 g/mol. The normalized spacial score (nSPS) is 11.8. The van der Waals surface area contributed by atoms with Gasteiger partial charge in [-0.05, 0) is 36.6 Å². The molecule has 1 aromatic carbocycles. The van der Waals surface area contributed by atoms with Crippen LogP contribution in [-0.4, -0.2) is 24.5 Å². The van der Waals surface area contributed by atoms with Crippen LogP contribution in [0.2, 0.25) is 0 Å². The van der Waals surface area contributed by atoms with Crippen LogP contribution >= 0.6 is 0 Å². The predicted molar refractivity (Wildman–Crippen MR) is 98.5 cm³/mol. The largest absolute Gasteiger partial charge is 0.494 e. The summed E-state index contributed by atoms with van der Waals surface area (Å²) in [6, 6.07) is 12.4. The van der Waals surface area contributed by atoms with E-state index in [0.29, 0.717) is 31.8 Å². The number of hydrogen-bond acceptors (Lipinski definition) is 4. The first-order valence-electron chi connectivity index (χ1n) is 8.83. The standard InChI is InChI=1S/C20H26N2O4/c1-15(2)19(20(24)21-14-17-10-6-12-26-17)22-18(23)11-7-13-25-16-8-4-3-5-9-16/h3-6,8-10,12,15,19H,7,11,13-14H2,1-2H3,(H,21,24)(H,22,23)/t19-/m0/s1. The van der Waals surface area contributed by atoms with E-state index < -0.39 is 6.04 Å². The second kappa shape index (κ2) is 10.3. The van der Waals surface area contributed by atoms with Crippen LogP contribution in [0.5, 0.6) is 5.75 Å². The van der Waals surface area contributed by atoms with Gasteiger partial charge < -0.3 is 19.8 Å². The maximum absolute atomic E-state index is 12.3. The maximum Gasteiger partial charge on any atom is 0.243 e. The number of furan rings is 1. The van der Waals surface area contributed by atoms with Crippen molar-refractivity contribution in [1.82, 2.24) is 10.6 Å². The monoisotopic (exact) mass is 358 g/mol. The Balaban J connectivity index is 1.71. The van der Waals surface area contributed by atoms with Crippen molar-refractivity contribution in [2.45, 2.75) is 39.3 Å².